The lowest BCUT2D eigenvalue weighted by molar-refractivity contribution is -0.135. The van der Waals surface area contributed by atoms with Crippen LogP contribution >= 0.6 is 0 Å². The molecule has 18 heavy (non-hydrogen) atoms. The molecule has 0 aliphatic rings. The van der Waals surface area contributed by atoms with Crippen molar-refractivity contribution in [1.29, 1.82) is 0 Å². The monoisotopic (exact) mass is 251 g/mol. The third kappa shape index (κ3) is 3.73. The molecule has 0 saturated carbocycles. The van der Waals surface area contributed by atoms with Crippen LogP contribution in [0.5, 0.6) is 0 Å². The number of aliphatic carboxylic acids is 1. The number of anilines is 1. The first-order valence-corrected chi connectivity index (χ1v) is 5.73. The van der Waals surface area contributed by atoms with Crippen LogP contribution in [0.2, 0.25) is 0 Å². The molecule has 0 atom stereocenters. The molecule has 1 aromatic rings. The Labute approximate surface area is 106 Å². The maximum absolute atomic E-state index is 11.5. The van der Waals surface area contributed by atoms with Crippen molar-refractivity contribution in [3.63, 3.8) is 0 Å². The van der Waals surface area contributed by atoms with Gasteiger partial charge in [0.2, 0.25) is 0 Å². The van der Waals surface area contributed by atoms with E-state index in [-0.39, 0.29) is 18.1 Å². The van der Waals surface area contributed by atoms with E-state index in [0.29, 0.717) is 12.2 Å². The predicted octanol–water partition coefficient (Wildman–Crippen LogP) is 0.742. The van der Waals surface area contributed by atoms with E-state index in [1.165, 1.54) is 13.2 Å². The maximum atomic E-state index is 11.5. The third-order valence-corrected chi connectivity index (χ3v) is 2.39. The highest BCUT2D eigenvalue weighted by Gasteiger charge is 2.12. The molecule has 1 aromatic heterocycles. The Balaban J connectivity index is 2.97. The lowest BCUT2D eigenvalue weighted by atomic mass is 10.2. The molecule has 1 amide bonds. The van der Waals surface area contributed by atoms with Gasteiger partial charge in [0.25, 0.3) is 5.91 Å². The molecule has 0 fully saturated rings. The van der Waals surface area contributed by atoms with Crippen molar-refractivity contribution in [2.75, 3.05) is 25.0 Å². The number of nitrogens with one attached hydrogen (secondary N) is 1. The van der Waals surface area contributed by atoms with Gasteiger partial charge in [0.15, 0.2) is 0 Å². The van der Waals surface area contributed by atoms with Crippen LogP contribution in [0.3, 0.4) is 0 Å². The standard InChI is InChI=1S/C12H17N3O3/c1-3-6-15(8-11(16)17)9-4-5-14-10(7-9)12(18)13-2/h4-5,7H,3,6,8H2,1-2H3,(H,13,18)(H,16,17). The molecule has 1 rings (SSSR count). The summed E-state index contributed by atoms with van der Waals surface area (Å²) in [5, 5.41) is 11.3. The maximum Gasteiger partial charge on any atom is 0.323 e. The van der Waals surface area contributed by atoms with E-state index >= 15 is 0 Å². The number of pyridine rings is 1. The summed E-state index contributed by atoms with van der Waals surface area (Å²) in [5.74, 6) is -1.19. The summed E-state index contributed by atoms with van der Waals surface area (Å²) in [7, 11) is 1.53. The minimum atomic E-state index is -0.901. The van der Waals surface area contributed by atoms with Gasteiger partial charge in [-0.2, -0.15) is 0 Å². The van der Waals surface area contributed by atoms with Crippen LogP contribution in [0.4, 0.5) is 5.69 Å². The van der Waals surface area contributed by atoms with E-state index in [1.54, 1.807) is 17.0 Å². The van der Waals surface area contributed by atoms with Crippen molar-refractivity contribution in [2.24, 2.45) is 0 Å². The second-order valence-electron chi connectivity index (χ2n) is 3.79. The van der Waals surface area contributed by atoms with Crippen LogP contribution in [0.15, 0.2) is 18.3 Å². The number of nitrogens with zero attached hydrogens (tertiary/aromatic N) is 2. The summed E-state index contributed by atoms with van der Waals surface area (Å²) in [6.07, 6.45) is 2.33. The van der Waals surface area contributed by atoms with E-state index in [4.69, 9.17) is 5.11 Å². The lowest BCUT2D eigenvalue weighted by Gasteiger charge is -2.22. The van der Waals surface area contributed by atoms with Crippen molar-refractivity contribution < 1.29 is 14.7 Å². The zero-order chi connectivity index (χ0) is 13.5. The molecule has 0 radical (unpaired) electrons. The molecule has 0 spiro atoms. The second-order valence-corrected chi connectivity index (χ2v) is 3.79. The van der Waals surface area contributed by atoms with Crippen molar-refractivity contribution in [2.45, 2.75) is 13.3 Å². The van der Waals surface area contributed by atoms with E-state index in [0.717, 1.165) is 6.42 Å². The molecule has 6 heteroatoms. The molecule has 0 bridgehead atoms. The van der Waals surface area contributed by atoms with Crippen LogP contribution in [-0.2, 0) is 4.79 Å². The van der Waals surface area contributed by atoms with E-state index in [1.807, 2.05) is 6.92 Å². The summed E-state index contributed by atoms with van der Waals surface area (Å²) < 4.78 is 0. The van der Waals surface area contributed by atoms with Gasteiger partial charge in [0, 0.05) is 25.5 Å². The largest absolute Gasteiger partial charge is 0.480 e. The van der Waals surface area contributed by atoms with Crippen LogP contribution in [-0.4, -0.2) is 42.1 Å². The van der Waals surface area contributed by atoms with Crippen molar-refractivity contribution >= 4 is 17.6 Å². The average Bonchev–Trinajstić information content (AvgIpc) is 2.37. The number of hydrogen-bond donors (Lipinski definition) is 2. The summed E-state index contributed by atoms with van der Waals surface area (Å²) in [6.45, 7) is 2.49. The van der Waals surface area contributed by atoms with Gasteiger partial charge < -0.3 is 15.3 Å². The fourth-order valence-electron chi connectivity index (χ4n) is 1.60. The van der Waals surface area contributed by atoms with Crippen LogP contribution in [0.1, 0.15) is 23.8 Å². The number of aromatic nitrogens is 1. The third-order valence-electron chi connectivity index (χ3n) is 2.39. The smallest absolute Gasteiger partial charge is 0.323 e. The van der Waals surface area contributed by atoms with Crippen molar-refractivity contribution in [3.05, 3.63) is 24.0 Å². The fraction of sp³-hybridized carbons (Fsp3) is 0.417. The van der Waals surface area contributed by atoms with Gasteiger partial charge in [-0.3, -0.25) is 14.6 Å². The highest BCUT2D eigenvalue weighted by Crippen LogP contribution is 2.14. The highest BCUT2D eigenvalue weighted by molar-refractivity contribution is 5.93. The number of hydrogen-bond acceptors (Lipinski definition) is 4. The highest BCUT2D eigenvalue weighted by atomic mass is 16.4. The van der Waals surface area contributed by atoms with Gasteiger partial charge in [-0.1, -0.05) is 6.92 Å². The number of rotatable bonds is 6. The summed E-state index contributed by atoms with van der Waals surface area (Å²) in [6, 6.07) is 3.29. The molecule has 0 unspecified atom stereocenters. The zero-order valence-corrected chi connectivity index (χ0v) is 10.5. The van der Waals surface area contributed by atoms with E-state index in [2.05, 4.69) is 10.3 Å². The fourth-order valence-corrected chi connectivity index (χ4v) is 1.60. The molecular weight excluding hydrogens is 234 g/mol. The second kappa shape index (κ2) is 6.58. The Morgan fingerprint density at radius 3 is 2.78 bits per heavy atom. The van der Waals surface area contributed by atoms with Gasteiger partial charge in [-0.05, 0) is 18.6 Å². The Morgan fingerprint density at radius 2 is 2.22 bits per heavy atom. The number of carboxylic acids is 1. The van der Waals surface area contributed by atoms with Gasteiger partial charge in [-0.25, -0.2) is 0 Å². The molecular formula is C12H17N3O3. The normalized spacial score (nSPS) is 9.89. The average molecular weight is 251 g/mol. The number of amides is 1. The predicted molar refractivity (Wildman–Crippen MR) is 67.8 cm³/mol. The zero-order valence-electron chi connectivity index (χ0n) is 10.5. The van der Waals surface area contributed by atoms with E-state index < -0.39 is 5.97 Å². The Hall–Kier alpha value is -2.11. The first-order valence-electron chi connectivity index (χ1n) is 5.73. The molecule has 0 aliphatic heterocycles. The Morgan fingerprint density at radius 1 is 1.50 bits per heavy atom. The molecule has 0 aliphatic carbocycles. The van der Waals surface area contributed by atoms with Gasteiger partial charge in [0.05, 0.1) is 0 Å². The first-order chi connectivity index (χ1) is 8.58. The molecule has 2 N–H and O–H groups in total. The molecule has 1 heterocycles. The summed E-state index contributed by atoms with van der Waals surface area (Å²) >= 11 is 0. The summed E-state index contributed by atoms with van der Waals surface area (Å²) in [4.78, 5) is 27.9. The van der Waals surface area contributed by atoms with Crippen molar-refractivity contribution in [1.82, 2.24) is 10.3 Å². The number of carboxylic acid groups (broad SMARTS) is 1. The molecule has 0 aromatic carbocycles. The Kier molecular flexibility index (Phi) is 5.10. The topological polar surface area (TPSA) is 82.5 Å². The van der Waals surface area contributed by atoms with Crippen molar-refractivity contribution in [3.8, 4) is 0 Å². The molecule has 98 valence electrons. The minimum absolute atomic E-state index is 0.0922. The number of carbonyl (C=O) groups excluding carboxylic acids is 1. The Bertz CT molecular complexity index is 434. The molecule has 0 saturated heterocycles. The first kappa shape index (κ1) is 14.0. The quantitative estimate of drug-likeness (QED) is 0.779. The van der Waals surface area contributed by atoms with E-state index in [9.17, 15) is 9.59 Å². The minimum Gasteiger partial charge on any atom is -0.480 e. The molecule has 6 nitrogen and oxygen atoms in total. The van der Waals surface area contributed by atoms with Crippen LogP contribution in [0, 0.1) is 0 Å². The van der Waals surface area contributed by atoms with Crippen LogP contribution < -0.4 is 10.2 Å². The SMILES string of the molecule is CCCN(CC(=O)O)c1ccnc(C(=O)NC)c1. The van der Waals surface area contributed by atoms with Gasteiger partial charge in [0.1, 0.15) is 12.2 Å². The number of carbonyl (C=O) groups is 2. The van der Waals surface area contributed by atoms with Gasteiger partial charge >= 0.3 is 5.97 Å². The summed E-state index contributed by atoms with van der Waals surface area (Å²) in [5.41, 5.74) is 0.967. The lowest BCUT2D eigenvalue weighted by Crippen LogP contribution is -2.30. The van der Waals surface area contributed by atoms with Crippen LogP contribution in [0.25, 0.3) is 0 Å². The van der Waals surface area contributed by atoms with Gasteiger partial charge in [-0.15, -0.1) is 0 Å².